The van der Waals surface area contributed by atoms with Crippen LogP contribution in [0.4, 0.5) is 8.78 Å². The number of hydrogen-bond acceptors (Lipinski definition) is 7. The van der Waals surface area contributed by atoms with Crippen molar-refractivity contribution in [2.24, 2.45) is 5.10 Å². The van der Waals surface area contributed by atoms with Crippen molar-refractivity contribution in [2.45, 2.75) is 20.4 Å². The Balaban J connectivity index is 2.24. The lowest BCUT2D eigenvalue weighted by Gasteiger charge is -2.02. The first-order valence-corrected chi connectivity index (χ1v) is 7.18. The number of aromatic amines is 1. The fourth-order valence-electron chi connectivity index (χ4n) is 1.78. The van der Waals surface area contributed by atoms with Crippen molar-refractivity contribution in [2.75, 3.05) is 0 Å². The lowest BCUT2D eigenvalue weighted by atomic mass is 10.2. The molecule has 2 rings (SSSR count). The molecule has 0 spiro atoms. The van der Waals surface area contributed by atoms with Gasteiger partial charge in [-0.1, -0.05) is 0 Å². The summed E-state index contributed by atoms with van der Waals surface area (Å²) >= 11 is 0.392. The number of hydrazone groups is 1. The van der Waals surface area contributed by atoms with Crippen molar-refractivity contribution >= 4 is 23.0 Å². The molecule has 0 radical (unpaired) electrons. The smallest absolute Gasteiger partial charge is 0.333 e. The molecule has 3 N–H and O–H groups in total. The first kappa shape index (κ1) is 17.5. The van der Waals surface area contributed by atoms with Gasteiger partial charge in [0.25, 0.3) is 11.5 Å². The minimum Gasteiger partial charge on any atom is -0.499 e. The average molecular weight is 359 g/mol. The number of nitrogens with one attached hydrogen (secondary N) is 2. The molecule has 0 saturated heterocycles. The van der Waals surface area contributed by atoms with Gasteiger partial charge >= 0.3 is 11.4 Å². The average Bonchev–Trinajstić information content (AvgIpc) is 2.86. The molecule has 0 bridgehead atoms. The summed E-state index contributed by atoms with van der Waals surface area (Å²) in [6.45, 7) is -0.224. The Bertz CT molecular complexity index is 930. The number of aromatic nitrogens is 3. The number of amides is 1. The van der Waals surface area contributed by atoms with Crippen LogP contribution in [0.3, 0.4) is 0 Å². The maximum Gasteiger partial charge on any atom is 0.333 e. The van der Waals surface area contributed by atoms with Crippen molar-refractivity contribution in [3.05, 3.63) is 43.0 Å². The second-order valence-electron chi connectivity index (χ2n) is 4.56. The van der Waals surface area contributed by atoms with Crippen LogP contribution in [0, 0.1) is 6.92 Å². The van der Waals surface area contributed by atoms with Crippen molar-refractivity contribution in [1.82, 2.24) is 20.2 Å². The Morgan fingerprint density at radius 1 is 1.50 bits per heavy atom. The third kappa shape index (κ3) is 3.53. The van der Waals surface area contributed by atoms with E-state index in [0.717, 1.165) is 6.07 Å². The Morgan fingerprint density at radius 2 is 2.17 bits per heavy atom. The van der Waals surface area contributed by atoms with Gasteiger partial charge in [0.1, 0.15) is 5.56 Å². The number of carbonyl (C=O) groups excluding carboxylic acids is 1. The summed E-state index contributed by atoms with van der Waals surface area (Å²) in [4.78, 5) is 35.8. The largest absolute Gasteiger partial charge is 0.499 e. The number of H-pyrrole nitrogens is 1. The molecule has 0 aliphatic heterocycles. The highest BCUT2D eigenvalue weighted by molar-refractivity contribution is 7.11. The van der Waals surface area contributed by atoms with Gasteiger partial charge in [0.2, 0.25) is 0 Å². The van der Waals surface area contributed by atoms with Crippen LogP contribution in [0.25, 0.3) is 0 Å². The third-order valence-corrected chi connectivity index (χ3v) is 3.56. The summed E-state index contributed by atoms with van der Waals surface area (Å²) in [7, 11) is 0. The van der Waals surface area contributed by atoms with Crippen LogP contribution in [0.2, 0.25) is 0 Å². The van der Waals surface area contributed by atoms with Crippen LogP contribution in [0.15, 0.2) is 20.8 Å². The highest BCUT2D eigenvalue weighted by Gasteiger charge is 2.17. The van der Waals surface area contributed by atoms with Crippen LogP contribution in [-0.2, 0) is 0 Å². The predicted octanol–water partition coefficient (Wildman–Crippen LogP) is 0.556. The van der Waals surface area contributed by atoms with Gasteiger partial charge in [0.15, 0.2) is 10.8 Å². The maximum atomic E-state index is 12.6. The molecular formula is C12H11F2N5O4S. The second kappa shape index (κ2) is 6.70. The highest BCUT2D eigenvalue weighted by Crippen LogP contribution is 2.15. The van der Waals surface area contributed by atoms with E-state index < -0.39 is 28.0 Å². The second-order valence-corrected chi connectivity index (χ2v) is 5.52. The third-order valence-electron chi connectivity index (χ3n) is 2.87. The van der Waals surface area contributed by atoms with Crippen LogP contribution in [0.5, 0.6) is 5.06 Å². The number of nitrogens with zero attached hydrogens (tertiary/aromatic N) is 3. The summed E-state index contributed by atoms with van der Waals surface area (Å²) in [6, 6.07) is 1.14. The Hall–Kier alpha value is -2.89. The van der Waals surface area contributed by atoms with E-state index >= 15 is 0 Å². The van der Waals surface area contributed by atoms with Gasteiger partial charge in [-0.15, -0.1) is 0 Å². The van der Waals surface area contributed by atoms with E-state index in [2.05, 4.69) is 10.2 Å². The quantitative estimate of drug-likeness (QED) is 0.542. The Kier molecular flexibility index (Phi) is 4.87. The number of alkyl halides is 2. The monoisotopic (exact) mass is 359 g/mol. The molecule has 2 aromatic heterocycles. The van der Waals surface area contributed by atoms with Gasteiger partial charge in [-0.3, -0.25) is 19.4 Å². The molecular weight excluding hydrogens is 348 g/mol. The standard InChI is InChI=1S/C12H11F2N5O4S/c1-4-3-6(18-19(4)11(13)14)8(20)17-16-5(2)7-9(21)15-12(23)24-10(7)22/h3,11,22H,1-2H3,(H,17,20)(H,15,21,23)/b16-5+. The maximum absolute atomic E-state index is 12.6. The normalized spacial score (nSPS) is 11.8. The zero-order chi connectivity index (χ0) is 18.0. The van der Waals surface area contributed by atoms with Crippen LogP contribution >= 0.6 is 11.3 Å². The summed E-state index contributed by atoms with van der Waals surface area (Å²) in [5.41, 5.74) is 0.592. The lowest BCUT2D eigenvalue weighted by Crippen LogP contribution is -2.25. The summed E-state index contributed by atoms with van der Waals surface area (Å²) < 4.78 is 25.6. The Labute approximate surface area is 136 Å². The SMILES string of the molecule is C/C(=N\NC(=O)c1cc(C)n(C(F)F)n1)c1c(O)sc(=O)[nH]c1=O. The molecule has 0 aromatic carbocycles. The number of aryl methyl sites for hydroxylation is 1. The molecule has 128 valence electrons. The topological polar surface area (TPSA) is 129 Å². The Morgan fingerprint density at radius 3 is 2.71 bits per heavy atom. The van der Waals surface area contributed by atoms with Gasteiger partial charge in [0, 0.05) is 5.69 Å². The number of aromatic hydroxyl groups is 1. The zero-order valence-electron chi connectivity index (χ0n) is 12.3. The van der Waals surface area contributed by atoms with E-state index in [9.17, 15) is 28.3 Å². The molecule has 24 heavy (non-hydrogen) atoms. The van der Waals surface area contributed by atoms with Gasteiger partial charge in [-0.2, -0.15) is 19.0 Å². The molecule has 2 aromatic rings. The van der Waals surface area contributed by atoms with Crippen LogP contribution in [0.1, 0.15) is 35.2 Å². The molecule has 1 amide bonds. The molecule has 9 nitrogen and oxygen atoms in total. The van der Waals surface area contributed by atoms with E-state index in [1.54, 1.807) is 0 Å². The van der Waals surface area contributed by atoms with Crippen molar-refractivity contribution in [3.63, 3.8) is 0 Å². The zero-order valence-corrected chi connectivity index (χ0v) is 13.1. The van der Waals surface area contributed by atoms with E-state index in [1.165, 1.54) is 13.8 Å². The lowest BCUT2D eigenvalue weighted by molar-refractivity contribution is 0.0538. The van der Waals surface area contributed by atoms with E-state index in [4.69, 9.17) is 0 Å². The molecule has 0 unspecified atom stereocenters. The summed E-state index contributed by atoms with van der Waals surface area (Å²) in [6.07, 6.45) is 0. The van der Waals surface area contributed by atoms with Crippen LogP contribution in [-0.4, -0.2) is 31.5 Å². The number of halogens is 2. The minimum absolute atomic E-state index is 0.0802. The molecule has 0 saturated carbocycles. The molecule has 0 aliphatic rings. The van der Waals surface area contributed by atoms with Crippen molar-refractivity contribution < 1.29 is 18.7 Å². The highest BCUT2D eigenvalue weighted by atomic mass is 32.1. The first-order chi connectivity index (χ1) is 11.2. The van der Waals surface area contributed by atoms with E-state index in [0.29, 0.717) is 16.0 Å². The number of rotatable bonds is 4. The van der Waals surface area contributed by atoms with Crippen molar-refractivity contribution in [1.29, 1.82) is 0 Å². The summed E-state index contributed by atoms with van der Waals surface area (Å²) in [5, 5.41) is 16.1. The fraction of sp³-hybridized carbons (Fsp3) is 0.250. The first-order valence-electron chi connectivity index (χ1n) is 6.36. The van der Waals surface area contributed by atoms with Gasteiger partial charge in [-0.05, 0) is 31.3 Å². The summed E-state index contributed by atoms with van der Waals surface area (Å²) in [5.74, 6) is -0.878. The number of carbonyl (C=O) groups is 1. The molecule has 0 aliphatic carbocycles. The van der Waals surface area contributed by atoms with Gasteiger partial charge in [-0.25, -0.2) is 10.1 Å². The van der Waals surface area contributed by atoms with E-state index in [1.807, 2.05) is 10.4 Å². The van der Waals surface area contributed by atoms with Crippen molar-refractivity contribution in [3.8, 4) is 5.06 Å². The molecule has 2 heterocycles. The van der Waals surface area contributed by atoms with E-state index in [-0.39, 0.29) is 22.7 Å². The number of hydrogen-bond donors (Lipinski definition) is 3. The molecule has 0 atom stereocenters. The van der Waals surface area contributed by atoms with Gasteiger partial charge in [0.05, 0.1) is 5.71 Å². The molecule has 0 fully saturated rings. The minimum atomic E-state index is -2.89. The van der Waals surface area contributed by atoms with Gasteiger partial charge < -0.3 is 5.11 Å². The predicted molar refractivity (Wildman–Crippen MR) is 80.8 cm³/mol. The van der Waals surface area contributed by atoms with Crippen LogP contribution < -0.4 is 15.9 Å². The fourth-order valence-corrected chi connectivity index (χ4v) is 2.44. The molecule has 12 heteroatoms.